The van der Waals surface area contributed by atoms with E-state index in [1.807, 2.05) is 0 Å². The first kappa shape index (κ1) is 16.9. The highest BCUT2D eigenvalue weighted by atomic mass is 19.4. The zero-order valence-corrected chi connectivity index (χ0v) is 9.43. The van der Waals surface area contributed by atoms with Gasteiger partial charge in [-0.05, 0) is 19.3 Å². The van der Waals surface area contributed by atoms with Gasteiger partial charge in [0.15, 0.2) is 0 Å². The fraction of sp³-hybridized carbons (Fsp3) is 0.778. The van der Waals surface area contributed by atoms with Crippen molar-refractivity contribution < 1.29 is 43.9 Å². The van der Waals surface area contributed by atoms with Gasteiger partial charge in [0.05, 0.1) is 0 Å². The van der Waals surface area contributed by atoms with Gasteiger partial charge in [0, 0.05) is 5.70 Å². The topological polar surface area (TPSA) is 3.24 Å². The zero-order chi connectivity index (χ0) is 16.0. The third-order valence-electron chi connectivity index (χ3n) is 2.55. The largest absolute Gasteiger partial charge is 0.475 e. The molecule has 0 saturated carbocycles. The Morgan fingerprint density at radius 3 is 1.40 bits per heavy atom. The molecule has 0 spiro atoms. The van der Waals surface area contributed by atoms with Crippen molar-refractivity contribution in [3.8, 4) is 0 Å². The van der Waals surface area contributed by atoms with E-state index in [2.05, 4.69) is 0 Å². The van der Waals surface area contributed by atoms with E-state index >= 15 is 0 Å². The Bertz CT molecular complexity index is 365. The molecule has 11 heteroatoms. The van der Waals surface area contributed by atoms with Crippen LogP contribution in [0.5, 0.6) is 0 Å². The maximum Gasteiger partial charge on any atom is 0.475 e. The molecule has 0 fully saturated rings. The number of nitrogens with zero attached hydrogens (tertiary/aromatic N) is 1. The molecule has 1 rings (SSSR count). The lowest BCUT2D eigenvalue weighted by atomic mass is 10.2. The van der Waals surface area contributed by atoms with Crippen molar-refractivity contribution in [1.29, 1.82) is 0 Å². The summed E-state index contributed by atoms with van der Waals surface area (Å²) in [6.45, 7) is 0. The van der Waals surface area contributed by atoms with Gasteiger partial charge in [0.2, 0.25) is 0 Å². The Kier molecular flexibility index (Phi) is 3.96. The molecule has 0 heterocycles. The Hall–Kier alpha value is -1.16. The number of allylic oxidation sites excluding steroid dienone is 2. The molecule has 0 aromatic rings. The summed E-state index contributed by atoms with van der Waals surface area (Å²) in [6, 6.07) is -12.7. The molecule has 0 amide bonds. The van der Waals surface area contributed by atoms with Crippen LogP contribution in [-0.4, -0.2) is 29.3 Å². The minimum absolute atomic E-state index is 0.0896. The van der Waals surface area contributed by atoms with Gasteiger partial charge in [-0.15, -0.1) is 0 Å². The fourth-order valence-corrected chi connectivity index (χ4v) is 1.65. The van der Waals surface area contributed by atoms with Crippen LogP contribution in [0, 0.1) is 0 Å². The van der Waals surface area contributed by atoms with Gasteiger partial charge in [0.25, 0.3) is 0 Å². The molecule has 1 nitrogen and oxygen atoms in total. The van der Waals surface area contributed by atoms with Crippen LogP contribution in [0.2, 0.25) is 0 Å². The molecule has 1 aliphatic rings. The van der Waals surface area contributed by atoms with Crippen molar-refractivity contribution in [2.24, 2.45) is 0 Å². The molecule has 0 N–H and O–H groups in total. The average molecular weight is 319 g/mol. The van der Waals surface area contributed by atoms with Crippen LogP contribution in [0.25, 0.3) is 0 Å². The molecule has 0 aliphatic heterocycles. The SMILES string of the molecule is FC(F)(F)C(F)(F)N(C1=CCCC1)C(F)(F)C(F)(F)F. The van der Waals surface area contributed by atoms with Gasteiger partial charge in [-0.3, -0.25) is 0 Å². The number of rotatable bonds is 3. The van der Waals surface area contributed by atoms with E-state index < -0.39 is 41.5 Å². The van der Waals surface area contributed by atoms with E-state index in [1.54, 1.807) is 0 Å². The quantitative estimate of drug-likeness (QED) is 0.540. The van der Waals surface area contributed by atoms with Gasteiger partial charge in [-0.1, -0.05) is 6.08 Å². The van der Waals surface area contributed by atoms with E-state index in [0.29, 0.717) is 6.08 Å². The van der Waals surface area contributed by atoms with E-state index in [0.717, 1.165) is 0 Å². The fourth-order valence-electron chi connectivity index (χ4n) is 1.65. The highest BCUT2D eigenvalue weighted by Gasteiger charge is 2.74. The molecule has 0 radical (unpaired) electrons. The molecule has 0 saturated heterocycles. The second-order valence-electron chi connectivity index (χ2n) is 4.00. The summed E-state index contributed by atoms with van der Waals surface area (Å²) in [4.78, 5) is -2.17. The summed E-state index contributed by atoms with van der Waals surface area (Å²) in [5.74, 6) is 0. The van der Waals surface area contributed by atoms with Crippen LogP contribution in [0.3, 0.4) is 0 Å². The Balaban J connectivity index is 3.38. The van der Waals surface area contributed by atoms with Crippen LogP contribution in [-0.2, 0) is 0 Å². The third-order valence-corrected chi connectivity index (χ3v) is 2.55. The van der Waals surface area contributed by atoms with Crippen LogP contribution >= 0.6 is 0 Å². The van der Waals surface area contributed by atoms with Crippen LogP contribution in [0.1, 0.15) is 19.3 Å². The molecule has 0 aromatic carbocycles. The van der Waals surface area contributed by atoms with Gasteiger partial charge >= 0.3 is 24.4 Å². The first-order valence-electron chi connectivity index (χ1n) is 5.11. The normalized spacial score (nSPS) is 18.2. The summed E-state index contributed by atoms with van der Waals surface area (Å²) < 4.78 is 125. The lowest BCUT2D eigenvalue weighted by Crippen LogP contribution is -2.63. The second-order valence-corrected chi connectivity index (χ2v) is 4.00. The summed E-state index contributed by atoms with van der Waals surface area (Å²) in [6.07, 6.45) is -13.6. The standard InChI is InChI=1S/C9H7F10N/c10-6(11,12)8(16,17)20(5-3-1-2-4-5)9(18,19)7(13,14)15/h3H,1-2,4H2. The van der Waals surface area contributed by atoms with Gasteiger partial charge in [-0.2, -0.15) is 43.9 Å². The molecule has 1 aliphatic carbocycles. The van der Waals surface area contributed by atoms with Crippen molar-refractivity contribution >= 4 is 0 Å². The molecule has 0 aromatic heterocycles. The highest BCUT2D eigenvalue weighted by Crippen LogP contribution is 2.51. The zero-order valence-electron chi connectivity index (χ0n) is 9.43. The summed E-state index contributed by atoms with van der Waals surface area (Å²) >= 11 is 0. The van der Waals surface area contributed by atoms with Crippen molar-refractivity contribution in [2.45, 2.75) is 43.7 Å². The highest BCUT2D eigenvalue weighted by molar-refractivity contribution is 5.12. The van der Waals surface area contributed by atoms with Crippen molar-refractivity contribution in [1.82, 2.24) is 4.90 Å². The van der Waals surface area contributed by atoms with Crippen molar-refractivity contribution in [3.05, 3.63) is 11.8 Å². The monoisotopic (exact) mass is 319 g/mol. The number of alkyl halides is 10. The number of hydrogen-bond acceptors (Lipinski definition) is 1. The lowest BCUT2D eigenvalue weighted by Gasteiger charge is -2.40. The maximum atomic E-state index is 13.1. The smallest absolute Gasteiger partial charge is 0.242 e. The van der Waals surface area contributed by atoms with Crippen molar-refractivity contribution in [3.63, 3.8) is 0 Å². The van der Waals surface area contributed by atoms with Crippen LogP contribution < -0.4 is 0 Å². The number of hydrogen-bond donors (Lipinski definition) is 0. The minimum atomic E-state index is -6.58. The lowest BCUT2D eigenvalue weighted by molar-refractivity contribution is -0.423. The average Bonchev–Trinajstić information content (AvgIpc) is 2.66. The maximum absolute atomic E-state index is 13.1. The van der Waals surface area contributed by atoms with E-state index in [9.17, 15) is 43.9 Å². The molecular formula is C9H7F10N. The Labute approximate surface area is 105 Å². The predicted molar refractivity (Wildman–Crippen MR) is 45.8 cm³/mol. The van der Waals surface area contributed by atoms with E-state index in [-0.39, 0.29) is 12.8 Å². The van der Waals surface area contributed by atoms with E-state index in [4.69, 9.17) is 0 Å². The van der Waals surface area contributed by atoms with Gasteiger partial charge in [-0.25, -0.2) is 4.90 Å². The summed E-state index contributed by atoms with van der Waals surface area (Å²) in [7, 11) is 0. The first-order valence-corrected chi connectivity index (χ1v) is 5.11. The Morgan fingerprint density at radius 1 is 0.750 bits per heavy atom. The molecule has 20 heavy (non-hydrogen) atoms. The van der Waals surface area contributed by atoms with Crippen LogP contribution in [0.15, 0.2) is 11.8 Å². The third kappa shape index (κ3) is 2.66. The minimum Gasteiger partial charge on any atom is -0.242 e. The summed E-state index contributed by atoms with van der Waals surface area (Å²) in [5.41, 5.74) is -1.38. The first-order chi connectivity index (χ1) is 8.73. The number of halogens is 10. The van der Waals surface area contributed by atoms with Gasteiger partial charge < -0.3 is 0 Å². The predicted octanol–water partition coefficient (Wildman–Crippen LogP) is 4.67. The molecular weight excluding hydrogens is 312 g/mol. The molecule has 0 atom stereocenters. The molecule has 0 bridgehead atoms. The van der Waals surface area contributed by atoms with Crippen LogP contribution in [0.4, 0.5) is 43.9 Å². The Morgan fingerprint density at radius 2 is 1.15 bits per heavy atom. The van der Waals surface area contributed by atoms with Crippen molar-refractivity contribution in [2.75, 3.05) is 0 Å². The molecule has 0 unspecified atom stereocenters. The van der Waals surface area contributed by atoms with Gasteiger partial charge in [0.1, 0.15) is 0 Å². The van der Waals surface area contributed by atoms with E-state index in [1.165, 1.54) is 0 Å². The summed E-state index contributed by atoms with van der Waals surface area (Å²) in [5, 5.41) is 0. The molecule has 118 valence electrons. The second kappa shape index (κ2) is 4.69.